The van der Waals surface area contributed by atoms with Gasteiger partial charge in [0.1, 0.15) is 11.4 Å². The Balaban J connectivity index is 2.44. The number of aromatic carboxylic acids is 2. The fourth-order valence-corrected chi connectivity index (χ4v) is 3.48. The third-order valence-corrected chi connectivity index (χ3v) is 4.72. The second-order valence-electron chi connectivity index (χ2n) is 6.19. The number of H-pyrrole nitrogens is 2. The highest BCUT2D eigenvalue weighted by Crippen LogP contribution is 2.21. The lowest BCUT2D eigenvalue weighted by molar-refractivity contribution is 0.0679. The number of hydrogen-bond acceptors (Lipinski definition) is 2. The molecular weight excluding hydrogens is 356 g/mol. The maximum atomic E-state index is 11.4. The first-order valence-electron chi connectivity index (χ1n) is 9.35. The molecule has 0 aliphatic rings. The SMILES string of the molecule is CCc1c(C#CC#Cc2[nH]c(C(=O)O)c(CC)c2CC)[nH]c(C(=O)O)c1CC. The zero-order chi connectivity index (χ0) is 20.8. The van der Waals surface area contributed by atoms with Crippen LogP contribution in [0.1, 0.15) is 82.3 Å². The van der Waals surface area contributed by atoms with E-state index in [1.54, 1.807) is 0 Å². The van der Waals surface area contributed by atoms with E-state index in [1.807, 2.05) is 27.7 Å². The van der Waals surface area contributed by atoms with E-state index in [1.165, 1.54) is 0 Å². The van der Waals surface area contributed by atoms with E-state index < -0.39 is 11.9 Å². The number of aromatic nitrogens is 2. The third kappa shape index (κ3) is 3.97. The van der Waals surface area contributed by atoms with Crippen molar-refractivity contribution in [2.75, 3.05) is 0 Å². The predicted octanol–water partition coefficient (Wildman–Crippen LogP) is 3.39. The fourth-order valence-electron chi connectivity index (χ4n) is 3.48. The Morgan fingerprint density at radius 1 is 0.679 bits per heavy atom. The van der Waals surface area contributed by atoms with E-state index in [9.17, 15) is 19.8 Å². The van der Waals surface area contributed by atoms with Crippen molar-refractivity contribution in [3.63, 3.8) is 0 Å². The van der Waals surface area contributed by atoms with Gasteiger partial charge in [-0.05, 0) is 71.6 Å². The smallest absolute Gasteiger partial charge is 0.352 e. The molecule has 0 radical (unpaired) electrons. The van der Waals surface area contributed by atoms with Gasteiger partial charge in [-0.25, -0.2) is 9.59 Å². The van der Waals surface area contributed by atoms with Crippen molar-refractivity contribution in [1.29, 1.82) is 0 Å². The lowest BCUT2D eigenvalue weighted by Crippen LogP contribution is -2.01. The highest BCUT2D eigenvalue weighted by Gasteiger charge is 2.19. The van der Waals surface area contributed by atoms with Gasteiger partial charge in [0.2, 0.25) is 0 Å². The summed E-state index contributed by atoms with van der Waals surface area (Å²) < 4.78 is 0. The van der Waals surface area contributed by atoms with E-state index in [-0.39, 0.29) is 11.4 Å². The summed E-state index contributed by atoms with van der Waals surface area (Å²) in [5.41, 5.74) is 4.80. The van der Waals surface area contributed by atoms with Gasteiger partial charge in [0.25, 0.3) is 0 Å². The largest absolute Gasteiger partial charge is 0.477 e. The number of carboxylic acid groups (broad SMARTS) is 2. The van der Waals surface area contributed by atoms with Crippen LogP contribution >= 0.6 is 0 Å². The second kappa shape index (κ2) is 9.01. The quantitative estimate of drug-likeness (QED) is 0.576. The van der Waals surface area contributed by atoms with Crippen LogP contribution in [-0.4, -0.2) is 32.1 Å². The normalized spacial score (nSPS) is 10.0. The van der Waals surface area contributed by atoms with Crippen molar-refractivity contribution in [3.05, 3.63) is 45.0 Å². The first kappa shape index (κ1) is 20.9. The van der Waals surface area contributed by atoms with Crippen molar-refractivity contribution in [2.45, 2.75) is 53.4 Å². The number of carbonyl (C=O) groups is 2. The molecule has 2 rings (SSSR count). The lowest BCUT2D eigenvalue weighted by Gasteiger charge is -1.99. The maximum Gasteiger partial charge on any atom is 0.352 e. The van der Waals surface area contributed by atoms with Gasteiger partial charge in [-0.15, -0.1) is 0 Å². The molecule has 0 saturated carbocycles. The van der Waals surface area contributed by atoms with Gasteiger partial charge in [-0.1, -0.05) is 27.7 Å². The van der Waals surface area contributed by atoms with Crippen LogP contribution in [0.25, 0.3) is 0 Å². The number of carboxylic acids is 2. The minimum atomic E-state index is -1.00. The lowest BCUT2D eigenvalue weighted by atomic mass is 10.0. The Kier molecular flexibility index (Phi) is 6.74. The molecule has 0 atom stereocenters. The molecule has 2 aromatic heterocycles. The summed E-state index contributed by atoms with van der Waals surface area (Å²) in [6.07, 6.45) is 2.55. The Bertz CT molecular complexity index is 948. The predicted molar refractivity (Wildman–Crippen MR) is 107 cm³/mol. The Labute approximate surface area is 164 Å². The zero-order valence-electron chi connectivity index (χ0n) is 16.5. The van der Waals surface area contributed by atoms with Crippen molar-refractivity contribution >= 4 is 11.9 Å². The monoisotopic (exact) mass is 380 g/mol. The number of aromatic amines is 2. The van der Waals surface area contributed by atoms with Gasteiger partial charge in [0.15, 0.2) is 0 Å². The Morgan fingerprint density at radius 3 is 1.25 bits per heavy atom. The van der Waals surface area contributed by atoms with Crippen LogP contribution in [0.3, 0.4) is 0 Å². The standard InChI is InChI=1S/C22H24N2O4/c1-5-13-15(7-3)19(21(25)26)23-17(13)11-9-10-12-18-14(6-2)16(8-4)20(24-18)22(27)28/h23-24H,5-8H2,1-4H3,(H,25,26)(H,27,28). The Hall–Kier alpha value is -3.38. The summed E-state index contributed by atoms with van der Waals surface area (Å²) in [5, 5.41) is 18.7. The van der Waals surface area contributed by atoms with Crippen LogP contribution in [0.4, 0.5) is 0 Å². The van der Waals surface area contributed by atoms with E-state index in [2.05, 4.69) is 33.6 Å². The molecule has 6 heteroatoms. The first-order valence-corrected chi connectivity index (χ1v) is 9.35. The van der Waals surface area contributed by atoms with Crippen LogP contribution in [-0.2, 0) is 25.7 Å². The molecule has 4 N–H and O–H groups in total. The van der Waals surface area contributed by atoms with E-state index in [4.69, 9.17) is 0 Å². The average molecular weight is 380 g/mol. The van der Waals surface area contributed by atoms with Crippen molar-refractivity contribution < 1.29 is 19.8 Å². The molecule has 0 unspecified atom stereocenters. The summed E-state index contributed by atoms with van der Waals surface area (Å²) in [4.78, 5) is 28.6. The molecule has 0 saturated heterocycles. The van der Waals surface area contributed by atoms with E-state index >= 15 is 0 Å². The molecule has 2 heterocycles. The summed E-state index contributed by atoms with van der Waals surface area (Å²) in [7, 11) is 0. The molecule has 146 valence electrons. The van der Waals surface area contributed by atoms with Gasteiger partial charge in [-0.3, -0.25) is 0 Å². The summed E-state index contributed by atoms with van der Waals surface area (Å²) >= 11 is 0. The van der Waals surface area contributed by atoms with Gasteiger partial charge < -0.3 is 20.2 Å². The van der Waals surface area contributed by atoms with Crippen LogP contribution in [0.5, 0.6) is 0 Å². The molecule has 28 heavy (non-hydrogen) atoms. The van der Waals surface area contributed by atoms with Crippen LogP contribution in [0, 0.1) is 23.7 Å². The average Bonchev–Trinajstić information content (AvgIpc) is 3.22. The molecule has 6 nitrogen and oxygen atoms in total. The Morgan fingerprint density at radius 2 is 1.00 bits per heavy atom. The fraction of sp³-hybridized carbons (Fsp3) is 0.364. The van der Waals surface area contributed by atoms with Gasteiger partial charge >= 0.3 is 11.9 Å². The first-order chi connectivity index (χ1) is 13.4. The molecule has 0 fully saturated rings. The minimum absolute atomic E-state index is 0.174. The summed E-state index contributed by atoms with van der Waals surface area (Å²) in [6.45, 7) is 7.73. The van der Waals surface area contributed by atoms with Crippen LogP contribution in [0.2, 0.25) is 0 Å². The number of rotatable bonds is 6. The highest BCUT2D eigenvalue weighted by atomic mass is 16.4. The number of hydrogen-bond donors (Lipinski definition) is 4. The zero-order valence-corrected chi connectivity index (χ0v) is 16.5. The number of nitrogens with one attached hydrogen (secondary N) is 2. The minimum Gasteiger partial charge on any atom is -0.477 e. The van der Waals surface area contributed by atoms with Crippen molar-refractivity contribution in [2.24, 2.45) is 0 Å². The summed E-state index contributed by atoms with van der Waals surface area (Å²) in [6, 6.07) is 0. The van der Waals surface area contributed by atoms with Crippen molar-refractivity contribution in [3.8, 4) is 23.7 Å². The van der Waals surface area contributed by atoms with Crippen LogP contribution in [0.15, 0.2) is 0 Å². The van der Waals surface area contributed by atoms with Crippen molar-refractivity contribution in [1.82, 2.24) is 9.97 Å². The molecule has 2 aromatic rings. The van der Waals surface area contributed by atoms with Gasteiger partial charge in [-0.2, -0.15) is 0 Å². The third-order valence-electron chi connectivity index (χ3n) is 4.72. The molecule has 0 spiro atoms. The highest BCUT2D eigenvalue weighted by molar-refractivity contribution is 5.89. The maximum absolute atomic E-state index is 11.4. The molecular formula is C22H24N2O4. The van der Waals surface area contributed by atoms with E-state index in [0.717, 1.165) is 22.3 Å². The molecule has 0 aliphatic carbocycles. The molecule has 0 bridgehead atoms. The van der Waals surface area contributed by atoms with Crippen LogP contribution < -0.4 is 0 Å². The molecule has 0 aliphatic heterocycles. The second-order valence-corrected chi connectivity index (χ2v) is 6.19. The summed E-state index contributed by atoms with van der Waals surface area (Å²) in [5.74, 6) is 9.32. The topological polar surface area (TPSA) is 106 Å². The van der Waals surface area contributed by atoms with E-state index in [0.29, 0.717) is 37.1 Å². The van der Waals surface area contributed by atoms with Gasteiger partial charge in [0, 0.05) is 0 Å². The molecule has 0 amide bonds. The molecule has 0 aromatic carbocycles. The van der Waals surface area contributed by atoms with Gasteiger partial charge in [0.05, 0.1) is 11.4 Å².